The zero-order valence-corrected chi connectivity index (χ0v) is 12.0. The van der Waals surface area contributed by atoms with Crippen molar-refractivity contribution in [2.24, 2.45) is 0 Å². The van der Waals surface area contributed by atoms with Crippen molar-refractivity contribution >= 4 is 5.97 Å². The van der Waals surface area contributed by atoms with E-state index in [1.54, 1.807) is 0 Å². The highest BCUT2D eigenvalue weighted by Crippen LogP contribution is 2.23. The first-order valence-corrected chi connectivity index (χ1v) is 7.27. The molecule has 1 atom stereocenters. The Morgan fingerprint density at radius 2 is 2.20 bits per heavy atom. The number of nitrogens with zero attached hydrogens (tertiary/aromatic N) is 1. The summed E-state index contributed by atoms with van der Waals surface area (Å²) in [6.45, 7) is 2.00. The molecule has 1 heterocycles. The molecule has 110 valence electrons. The van der Waals surface area contributed by atoms with E-state index < -0.39 is 0 Å². The number of aliphatic hydroxyl groups excluding tert-OH is 1. The van der Waals surface area contributed by atoms with Crippen molar-refractivity contribution < 1.29 is 14.6 Å². The van der Waals surface area contributed by atoms with Crippen LogP contribution in [-0.4, -0.2) is 42.3 Å². The van der Waals surface area contributed by atoms with E-state index in [1.807, 2.05) is 24.3 Å². The number of hydrogen-bond acceptors (Lipinski definition) is 4. The van der Waals surface area contributed by atoms with E-state index in [9.17, 15) is 9.90 Å². The minimum Gasteiger partial charge on any atom is -0.465 e. The van der Waals surface area contributed by atoms with Crippen molar-refractivity contribution in [1.82, 2.24) is 4.90 Å². The molecule has 0 aliphatic carbocycles. The van der Waals surface area contributed by atoms with Crippen molar-refractivity contribution in [3.8, 4) is 0 Å². The van der Waals surface area contributed by atoms with E-state index in [0.717, 1.165) is 31.5 Å². The topological polar surface area (TPSA) is 49.8 Å². The van der Waals surface area contributed by atoms with Gasteiger partial charge in [-0.3, -0.25) is 4.90 Å². The summed E-state index contributed by atoms with van der Waals surface area (Å²) in [4.78, 5) is 14.2. The minimum atomic E-state index is -0.281. The molecule has 1 aliphatic heterocycles. The number of hydrogen-bond donors (Lipinski definition) is 1. The zero-order valence-electron chi connectivity index (χ0n) is 12.0. The van der Waals surface area contributed by atoms with E-state index in [-0.39, 0.29) is 12.6 Å². The summed E-state index contributed by atoms with van der Waals surface area (Å²) in [5, 5.41) is 9.18. The number of rotatable bonds is 5. The number of likely N-dealkylation sites (tertiary alicyclic amines) is 1. The first-order chi connectivity index (χ1) is 9.76. The molecule has 20 heavy (non-hydrogen) atoms. The molecular weight excluding hydrogens is 254 g/mol. The van der Waals surface area contributed by atoms with Gasteiger partial charge in [-0.05, 0) is 37.4 Å². The average molecular weight is 277 g/mol. The van der Waals surface area contributed by atoms with Crippen LogP contribution in [-0.2, 0) is 11.3 Å². The van der Waals surface area contributed by atoms with Gasteiger partial charge in [0.25, 0.3) is 0 Å². The maximum absolute atomic E-state index is 11.8. The molecule has 1 aromatic carbocycles. The van der Waals surface area contributed by atoms with Crippen LogP contribution in [0.25, 0.3) is 0 Å². The van der Waals surface area contributed by atoms with Gasteiger partial charge in [0, 0.05) is 19.2 Å². The molecular formula is C16H23NO3. The van der Waals surface area contributed by atoms with Crippen LogP contribution in [0.15, 0.2) is 24.3 Å². The molecule has 0 bridgehead atoms. The Balaban J connectivity index is 2.13. The van der Waals surface area contributed by atoms with Crippen LogP contribution in [0.1, 0.15) is 41.6 Å². The molecule has 0 aromatic heterocycles. The van der Waals surface area contributed by atoms with Crippen LogP contribution in [0.4, 0.5) is 0 Å². The molecule has 1 saturated heterocycles. The van der Waals surface area contributed by atoms with Gasteiger partial charge >= 0.3 is 5.97 Å². The number of carbonyl (C=O) groups is 1. The number of carbonyl (C=O) groups excluding carboxylic acids is 1. The molecule has 1 unspecified atom stereocenters. The van der Waals surface area contributed by atoms with Crippen molar-refractivity contribution in [3.63, 3.8) is 0 Å². The van der Waals surface area contributed by atoms with Gasteiger partial charge in [0.2, 0.25) is 0 Å². The molecule has 0 amide bonds. The smallest absolute Gasteiger partial charge is 0.338 e. The maximum Gasteiger partial charge on any atom is 0.338 e. The second-order valence-electron chi connectivity index (χ2n) is 5.28. The largest absolute Gasteiger partial charge is 0.465 e. The van der Waals surface area contributed by atoms with Crippen LogP contribution in [0.3, 0.4) is 0 Å². The number of aliphatic hydroxyl groups is 1. The maximum atomic E-state index is 11.8. The molecule has 4 nitrogen and oxygen atoms in total. The Labute approximate surface area is 120 Å². The summed E-state index contributed by atoms with van der Waals surface area (Å²) >= 11 is 0. The van der Waals surface area contributed by atoms with Crippen molar-refractivity contribution in [3.05, 3.63) is 35.4 Å². The van der Waals surface area contributed by atoms with Crippen molar-refractivity contribution in [2.75, 3.05) is 20.3 Å². The van der Waals surface area contributed by atoms with Crippen molar-refractivity contribution in [1.29, 1.82) is 0 Å². The van der Waals surface area contributed by atoms with Gasteiger partial charge in [-0.1, -0.05) is 24.6 Å². The van der Waals surface area contributed by atoms with Gasteiger partial charge in [0.05, 0.1) is 12.7 Å². The van der Waals surface area contributed by atoms with Crippen molar-refractivity contribution in [2.45, 2.75) is 38.3 Å². The SMILES string of the molecule is COC(=O)c1ccccc1CN1CCCCC1CCO. The van der Waals surface area contributed by atoms with Gasteiger partial charge in [0.15, 0.2) is 0 Å². The van der Waals surface area contributed by atoms with E-state index in [2.05, 4.69) is 4.90 Å². The van der Waals surface area contributed by atoms with Crippen LogP contribution in [0.5, 0.6) is 0 Å². The summed E-state index contributed by atoms with van der Waals surface area (Å²) < 4.78 is 4.84. The highest BCUT2D eigenvalue weighted by Gasteiger charge is 2.23. The summed E-state index contributed by atoms with van der Waals surface area (Å²) in [5.74, 6) is -0.281. The molecule has 1 aromatic rings. The average Bonchev–Trinajstić information content (AvgIpc) is 2.49. The predicted octanol–water partition coefficient (Wildman–Crippen LogP) is 2.21. The van der Waals surface area contributed by atoms with E-state index >= 15 is 0 Å². The third kappa shape index (κ3) is 3.58. The molecule has 0 radical (unpaired) electrons. The highest BCUT2D eigenvalue weighted by atomic mass is 16.5. The first kappa shape index (κ1) is 15.0. The third-order valence-corrected chi connectivity index (χ3v) is 4.01. The number of esters is 1. The fourth-order valence-corrected chi connectivity index (χ4v) is 2.93. The Hall–Kier alpha value is -1.39. The number of piperidine rings is 1. The lowest BCUT2D eigenvalue weighted by atomic mass is 9.98. The van der Waals surface area contributed by atoms with Gasteiger partial charge in [0.1, 0.15) is 0 Å². The van der Waals surface area contributed by atoms with Gasteiger partial charge in [-0.2, -0.15) is 0 Å². The highest BCUT2D eigenvalue weighted by molar-refractivity contribution is 5.90. The number of methoxy groups -OCH3 is 1. The quantitative estimate of drug-likeness (QED) is 0.838. The van der Waals surface area contributed by atoms with Gasteiger partial charge in [-0.15, -0.1) is 0 Å². The lowest BCUT2D eigenvalue weighted by molar-refractivity contribution is 0.0595. The first-order valence-electron chi connectivity index (χ1n) is 7.27. The fraction of sp³-hybridized carbons (Fsp3) is 0.562. The van der Waals surface area contributed by atoms with E-state index in [0.29, 0.717) is 11.6 Å². The van der Waals surface area contributed by atoms with Crippen LogP contribution in [0.2, 0.25) is 0 Å². The second-order valence-corrected chi connectivity index (χ2v) is 5.28. The van der Waals surface area contributed by atoms with Gasteiger partial charge in [-0.25, -0.2) is 4.79 Å². The molecule has 1 fully saturated rings. The van der Waals surface area contributed by atoms with Crippen LogP contribution in [0, 0.1) is 0 Å². The minimum absolute atomic E-state index is 0.222. The fourth-order valence-electron chi connectivity index (χ4n) is 2.93. The van der Waals surface area contributed by atoms with E-state index in [1.165, 1.54) is 20.0 Å². The standard InChI is InChI=1S/C16H23NO3/c1-20-16(19)15-8-3-2-6-13(15)12-17-10-5-4-7-14(17)9-11-18/h2-3,6,8,14,18H,4-5,7,9-12H2,1H3. The Bertz CT molecular complexity index is 445. The van der Waals surface area contributed by atoms with Crippen LogP contribution < -0.4 is 0 Å². The lowest BCUT2D eigenvalue weighted by Gasteiger charge is -2.35. The molecule has 1 N–H and O–H groups in total. The Kier molecular flexibility index (Phi) is 5.56. The Morgan fingerprint density at radius 3 is 2.95 bits per heavy atom. The normalized spacial score (nSPS) is 19.8. The summed E-state index contributed by atoms with van der Waals surface area (Å²) in [6, 6.07) is 8.02. The molecule has 0 spiro atoms. The number of ether oxygens (including phenoxy) is 1. The molecule has 2 rings (SSSR count). The zero-order chi connectivity index (χ0) is 14.4. The molecule has 1 aliphatic rings. The summed E-state index contributed by atoms with van der Waals surface area (Å²) in [6.07, 6.45) is 4.34. The molecule has 0 saturated carbocycles. The van der Waals surface area contributed by atoms with E-state index in [4.69, 9.17) is 4.74 Å². The van der Waals surface area contributed by atoms with Gasteiger partial charge < -0.3 is 9.84 Å². The third-order valence-electron chi connectivity index (χ3n) is 4.01. The predicted molar refractivity (Wildman–Crippen MR) is 77.5 cm³/mol. The Morgan fingerprint density at radius 1 is 1.40 bits per heavy atom. The second kappa shape index (κ2) is 7.41. The monoisotopic (exact) mass is 277 g/mol. The number of benzene rings is 1. The summed E-state index contributed by atoms with van der Waals surface area (Å²) in [7, 11) is 1.41. The molecule has 4 heteroatoms. The summed E-state index contributed by atoms with van der Waals surface area (Å²) in [5.41, 5.74) is 1.65. The van der Waals surface area contributed by atoms with Crippen LogP contribution >= 0.6 is 0 Å². The lowest BCUT2D eigenvalue weighted by Crippen LogP contribution is -2.39.